The van der Waals surface area contributed by atoms with Gasteiger partial charge < -0.3 is 15.0 Å². The van der Waals surface area contributed by atoms with Gasteiger partial charge in [-0.1, -0.05) is 11.6 Å². The molecule has 2 fully saturated rings. The topological polar surface area (TPSA) is 71.3 Å². The lowest BCUT2D eigenvalue weighted by Gasteiger charge is -2.47. The van der Waals surface area contributed by atoms with Gasteiger partial charge in [-0.2, -0.15) is 9.37 Å². The zero-order chi connectivity index (χ0) is 20.5. The van der Waals surface area contributed by atoms with Crippen molar-refractivity contribution in [3.8, 4) is 5.69 Å². The third-order valence-corrected chi connectivity index (χ3v) is 5.61. The predicted molar refractivity (Wildman–Crippen MR) is 114 cm³/mol. The van der Waals surface area contributed by atoms with Crippen molar-refractivity contribution in [2.24, 2.45) is 0 Å². The first-order valence-corrected chi connectivity index (χ1v) is 10.2. The average molecular weight is 432 g/mol. The number of ether oxygens (including phenoxy) is 1. The summed E-state index contributed by atoms with van der Waals surface area (Å²) in [6.07, 6.45) is 2.91. The summed E-state index contributed by atoms with van der Waals surface area (Å²) in [6, 6.07) is 9.35. The smallest absolute Gasteiger partial charge is 0.246 e. The van der Waals surface area contributed by atoms with Crippen LogP contribution in [0.2, 0.25) is 5.02 Å². The molecule has 5 rings (SSSR count). The van der Waals surface area contributed by atoms with E-state index < -0.39 is 5.95 Å². The van der Waals surface area contributed by atoms with Crippen molar-refractivity contribution >= 4 is 28.9 Å². The maximum Gasteiger partial charge on any atom is 0.246 e. The van der Waals surface area contributed by atoms with Crippen molar-refractivity contribution in [3.63, 3.8) is 0 Å². The van der Waals surface area contributed by atoms with Gasteiger partial charge in [0, 0.05) is 62.3 Å². The molecule has 0 bridgehead atoms. The quantitative estimate of drug-likeness (QED) is 0.622. The van der Waals surface area contributed by atoms with Gasteiger partial charge in [0.1, 0.15) is 6.33 Å². The van der Waals surface area contributed by atoms with Gasteiger partial charge in [-0.15, -0.1) is 5.10 Å². The zero-order valence-corrected chi connectivity index (χ0v) is 17.0. The van der Waals surface area contributed by atoms with Crippen LogP contribution in [0.15, 0.2) is 42.9 Å². The Bertz CT molecular complexity index is 1040. The lowest BCUT2D eigenvalue weighted by atomic mass is 10.0. The van der Waals surface area contributed by atoms with Crippen LogP contribution in [-0.4, -0.2) is 70.1 Å². The van der Waals surface area contributed by atoms with Gasteiger partial charge >= 0.3 is 0 Å². The van der Waals surface area contributed by atoms with E-state index in [9.17, 15) is 4.39 Å². The summed E-state index contributed by atoms with van der Waals surface area (Å²) in [4.78, 5) is 12.6. The number of nitrogens with zero attached hydrogens (tertiary/aromatic N) is 6. The molecule has 10 heteroatoms. The highest BCUT2D eigenvalue weighted by molar-refractivity contribution is 6.31. The van der Waals surface area contributed by atoms with Gasteiger partial charge in [-0.3, -0.25) is 4.90 Å². The molecule has 0 saturated carbocycles. The van der Waals surface area contributed by atoms with E-state index in [2.05, 4.69) is 30.2 Å². The highest BCUT2D eigenvalue weighted by atomic mass is 35.5. The number of aromatic nitrogens is 4. The fourth-order valence-electron chi connectivity index (χ4n) is 3.78. The first kappa shape index (κ1) is 19.2. The minimum absolute atomic E-state index is 0. The summed E-state index contributed by atoms with van der Waals surface area (Å²) in [5, 5.41) is 8.17. The molecule has 3 aromatic rings. The molecule has 0 aliphatic carbocycles. The maximum absolute atomic E-state index is 13.3. The number of rotatable bonds is 5. The third-order valence-electron chi connectivity index (χ3n) is 5.39. The van der Waals surface area contributed by atoms with Crippen LogP contribution in [0.4, 0.5) is 21.7 Å². The second-order valence-corrected chi connectivity index (χ2v) is 7.82. The standard InChI is InChI=1S/C20H21ClFN7O.H2/c21-14-7-15(25-20-24-13-29(26-20)16-1-2-23-19(22)10-16)9-17(8-14)28-11-18(12-28)27-3-5-30-6-4-27;/h1-2,7-10,13,18H,3-6,11-12H2,(H,25,26);1H. The van der Waals surface area contributed by atoms with E-state index in [-0.39, 0.29) is 1.43 Å². The molecule has 2 aliphatic rings. The highest BCUT2D eigenvalue weighted by Crippen LogP contribution is 2.31. The van der Waals surface area contributed by atoms with Crippen LogP contribution in [0.3, 0.4) is 0 Å². The van der Waals surface area contributed by atoms with E-state index in [4.69, 9.17) is 16.3 Å². The molecule has 8 nitrogen and oxygen atoms in total. The van der Waals surface area contributed by atoms with Gasteiger partial charge in [0.2, 0.25) is 11.9 Å². The number of nitrogens with one attached hydrogen (secondary N) is 1. The number of hydrogen-bond acceptors (Lipinski definition) is 7. The average Bonchev–Trinajstić information content (AvgIpc) is 3.16. The molecule has 1 N–H and O–H groups in total. The van der Waals surface area contributed by atoms with Gasteiger partial charge in [0.25, 0.3) is 0 Å². The summed E-state index contributed by atoms with van der Waals surface area (Å²) in [5.74, 6) is -0.169. The molecule has 0 atom stereocenters. The van der Waals surface area contributed by atoms with Crippen molar-refractivity contribution in [1.82, 2.24) is 24.6 Å². The molecule has 30 heavy (non-hydrogen) atoms. The molecule has 0 radical (unpaired) electrons. The number of hydrogen-bond donors (Lipinski definition) is 1. The third kappa shape index (κ3) is 4.09. The Balaban J connectivity index is 0.00000231. The number of pyridine rings is 1. The molecule has 2 aromatic heterocycles. The second-order valence-electron chi connectivity index (χ2n) is 7.38. The molecular formula is C20H23ClFN7O. The van der Waals surface area contributed by atoms with Crippen molar-refractivity contribution in [3.05, 3.63) is 53.8 Å². The lowest BCUT2D eigenvalue weighted by Crippen LogP contribution is -2.61. The van der Waals surface area contributed by atoms with Crippen LogP contribution < -0.4 is 10.2 Å². The number of anilines is 3. The summed E-state index contributed by atoms with van der Waals surface area (Å²) < 4.78 is 20.3. The van der Waals surface area contributed by atoms with Crippen molar-refractivity contribution < 1.29 is 10.6 Å². The Kier molecular flexibility index (Phi) is 5.24. The molecule has 4 heterocycles. The minimum atomic E-state index is -0.568. The van der Waals surface area contributed by atoms with Crippen LogP contribution in [-0.2, 0) is 4.74 Å². The lowest BCUT2D eigenvalue weighted by molar-refractivity contribution is 0.0105. The monoisotopic (exact) mass is 431 g/mol. The highest BCUT2D eigenvalue weighted by Gasteiger charge is 2.32. The minimum Gasteiger partial charge on any atom is -0.379 e. The van der Waals surface area contributed by atoms with E-state index in [1.165, 1.54) is 23.3 Å². The van der Waals surface area contributed by atoms with Crippen LogP contribution in [0.5, 0.6) is 0 Å². The summed E-state index contributed by atoms with van der Waals surface area (Å²) >= 11 is 6.36. The van der Waals surface area contributed by atoms with Crippen molar-refractivity contribution in [2.45, 2.75) is 6.04 Å². The fourth-order valence-corrected chi connectivity index (χ4v) is 4.01. The maximum atomic E-state index is 13.3. The zero-order valence-electron chi connectivity index (χ0n) is 16.2. The van der Waals surface area contributed by atoms with Gasteiger partial charge in [-0.05, 0) is 24.3 Å². The summed E-state index contributed by atoms with van der Waals surface area (Å²) in [7, 11) is 0. The number of benzene rings is 1. The molecule has 0 unspecified atom stereocenters. The van der Waals surface area contributed by atoms with Crippen LogP contribution >= 0.6 is 11.6 Å². The number of morpholine rings is 1. The normalized spacial score (nSPS) is 17.7. The molecule has 0 spiro atoms. The van der Waals surface area contributed by atoms with E-state index in [0.717, 1.165) is 50.8 Å². The van der Waals surface area contributed by atoms with Gasteiger partial charge in [0.15, 0.2) is 0 Å². The number of halogens is 2. The predicted octanol–water partition coefficient (Wildman–Crippen LogP) is 2.97. The van der Waals surface area contributed by atoms with E-state index in [1.807, 2.05) is 18.2 Å². The Morgan fingerprint density at radius 3 is 2.73 bits per heavy atom. The molecular weight excluding hydrogens is 409 g/mol. The first-order chi connectivity index (χ1) is 14.6. The second kappa shape index (κ2) is 8.17. The largest absolute Gasteiger partial charge is 0.379 e. The van der Waals surface area contributed by atoms with Gasteiger partial charge in [0.05, 0.1) is 18.9 Å². The van der Waals surface area contributed by atoms with Crippen LogP contribution in [0, 0.1) is 5.95 Å². The summed E-state index contributed by atoms with van der Waals surface area (Å²) in [5.41, 5.74) is 2.40. The fraction of sp³-hybridized carbons (Fsp3) is 0.350. The molecule has 0 amide bonds. The molecule has 1 aromatic carbocycles. The Hall–Kier alpha value is -2.75. The van der Waals surface area contributed by atoms with Crippen LogP contribution in [0.1, 0.15) is 1.43 Å². The van der Waals surface area contributed by atoms with E-state index >= 15 is 0 Å². The Labute approximate surface area is 179 Å². The van der Waals surface area contributed by atoms with Gasteiger partial charge in [-0.25, -0.2) is 9.67 Å². The molecule has 2 aliphatic heterocycles. The SMILES string of the molecule is Fc1cc(-n2cnc(Nc3cc(Cl)cc(N4CC(N5CCOCC5)C4)c3)n2)ccn1.[HH]. The first-order valence-electron chi connectivity index (χ1n) is 9.82. The molecule has 158 valence electrons. The van der Waals surface area contributed by atoms with E-state index in [0.29, 0.717) is 22.7 Å². The van der Waals surface area contributed by atoms with Crippen LogP contribution in [0.25, 0.3) is 5.69 Å². The molecule has 2 saturated heterocycles. The van der Waals surface area contributed by atoms with Crippen molar-refractivity contribution in [1.29, 1.82) is 0 Å². The van der Waals surface area contributed by atoms with Crippen molar-refractivity contribution in [2.75, 3.05) is 49.6 Å². The van der Waals surface area contributed by atoms with E-state index in [1.54, 1.807) is 6.07 Å². The Morgan fingerprint density at radius 2 is 1.93 bits per heavy atom. The Morgan fingerprint density at radius 1 is 1.10 bits per heavy atom. The summed E-state index contributed by atoms with van der Waals surface area (Å²) in [6.45, 7) is 5.56.